The quantitative estimate of drug-likeness (QED) is 0.818. The van der Waals surface area contributed by atoms with Crippen LogP contribution in [0, 0.1) is 0 Å². The minimum absolute atomic E-state index is 0.474. The number of hydrogen-bond donors (Lipinski definition) is 1. The van der Waals surface area contributed by atoms with Crippen LogP contribution in [0.4, 0.5) is 4.79 Å². The van der Waals surface area contributed by atoms with Crippen molar-refractivity contribution in [3.63, 3.8) is 0 Å². The van der Waals surface area contributed by atoms with Crippen LogP contribution >= 0.6 is 11.6 Å². The number of hydrogen-bond acceptors (Lipinski definition) is 5. The van der Waals surface area contributed by atoms with E-state index in [4.69, 9.17) is 16.3 Å². The number of carbonyl (C=O) groups is 2. The molecule has 0 spiro atoms. The third-order valence-corrected chi connectivity index (χ3v) is 5.62. The Bertz CT molecular complexity index is 754. The van der Waals surface area contributed by atoms with Gasteiger partial charge in [0.05, 0.1) is 0 Å². The first-order valence-corrected chi connectivity index (χ1v) is 9.66. The van der Waals surface area contributed by atoms with Crippen molar-refractivity contribution in [2.24, 2.45) is 0 Å². The highest BCUT2D eigenvalue weighted by molar-refractivity contribution is 7.91. The zero-order chi connectivity index (χ0) is 18.3. The highest BCUT2D eigenvalue weighted by Gasteiger charge is 2.71. The summed E-state index contributed by atoms with van der Waals surface area (Å²) in [6, 6.07) is 6.51. The molecule has 1 aliphatic carbocycles. The number of nitrogens with one attached hydrogen (secondary N) is 1. The molecule has 1 aliphatic rings. The van der Waals surface area contributed by atoms with Crippen LogP contribution in [-0.2, 0) is 19.4 Å². The van der Waals surface area contributed by atoms with Crippen LogP contribution in [0.15, 0.2) is 24.3 Å². The lowest BCUT2D eigenvalue weighted by Crippen LogP contribution is -2.45. The van der Waals surface area contributed by atoms with Crippen molar-refractivity contribution < 1.29 is 22.7 Å². The number of sulfone groups is 1. The maximum absolute atomic E-state index is 12.1. The molecular formula is C16H20ClNO5S. The van der Waals surface area contributed by atoms with Gasteiger partial charge in [-0.15, -0.1) is 0 Å². The van der Waals surface area contributed by atoms with Gasteiger partial charge in [-0.2, -0.15) is 0 Å². The average molecular weight is 374 g/mol. The van der Waals surface area contributed by atoms with E-state index in [9.17, 15) is 18.0 Å². The van der Waals surface area contributed by atoms with E-state index < -0.39 is 38.2 Å². The zero-order valence-corrected chi connectivity index (χ0v) is 15.4. The monoisotopic (exact) mass is 373 g/mol. The Morgan fingerprint density at radius 2 is 1.83 bits per heavy atom. The SMILES string of the molecule is CC(C)(C)OC(=O)N[C@]1(C=O)[C@H](c2ccc(Cl)cc2)[C@@H]1S(C)(=O)=O. The van der Waals surface area contributed by atoms with Crippen molar-refractivity contribution >= 4 is 33.8 Å². The van der Waals surface area contributed by atoms with Gasteiger partial charge in [0.1, 0.15) is 22.7 Å². The van der Waals surface area contributed by atoms with Crippen LogP contribution < -0.4 is 5.32 Å². The molecule has 0 bridgehead atoms. The number of alkyl carbamates (subject to hydrolysis) is 1. The second-order valence-corrected chi connectivity index (χ2v) is 9.56. The lowest BCUT2D eigenvalue weighted by atomic mass is 10.1. The second-order valence-electron chi connectivity index (χ2n) is 6.96. The predicted molar refractivity (Wildman–Crippen MR) is 91.0 cm³/mol. The summed E-state index contributed by atoms with van der Waals surface area (Å²) in [7, 11) is -3.58. The third-order valence-electron chi connectivity index (χ3n) is 3.78. The average Bonchev–Trinajstić information content (AvgIpc) is 3.06. The van der Waals surface area contributed by atoms with Crippen LogP contribution in [0.2, 0.25) is 5.02 Å². The van der Waals surface area contributed by atoms with E-state index in [2.05, 4.69) is 5.32 Å². The Morgan fingerprint density at radius 3 is 2.25 bits per heavy atom. The summed E-state index contributed by atoms with van der Waals surface area (Å²) in [5.74, 6) is -0.685. The molecule has 1 aromatic carbocycles. The molecule has 3 atom stereocenters. The molecule has 0 aliphatic heterocycles. The van der Waals surface area contributed by atoms with Crippen LogP contribution in [0.3, 0.4) is 0 Å². The molecule has 1 N–H and O–H groups in total. The van der Waals surface area contributed by atoms with Crippen molar-refractivity contribution in [1.82, 2.24) is 5.32 Å². The summed E-state index contributed by atoms with van der Waals surface area (Å²) in [4.78, 5) is 23.8. The van der Waals surface area contributed by atoms with Gasteiger partial charge in [0.2, 0.25) is 0 Å². The normalized spacial score (nSPS) is 26.5. The van der Waals surface area contributed by atoms with Gasteiger partial charge in [-0.3, -0.25) is 0 Å². The summed E-state index contributed by atoms with van der Waals surface area (Å²) < 4.78 is 29.4. The molecule has 8 heteroatoms. The Balaban J connectivity index is 2.36. The van der Waals surface area contributed by atoms with Crippen LogP contribution in [-0.4, -0.2) is 43.4 Å². The van der Waals surface area contributed by atoms with E-state index >= 15 is 0 Å². The highest BCUT2D eigenvalue weighted by Crippen LogP contribution is 2.54. The molecular weight excluding hydrogens is 354 g/mol. The largest absolute Gasteiger partial charge is 0.444 e. The first kappa shape index (κ1) is 18.7. The lowest BCUT2D eigenvalue weighted by Gasteiger charge is -2.22. The van der Waals surface area contributed by atoms with Crippen molar-refractivity contribution in [1.29, 1.82) is 0 Å². The Kier molecular flexibility index (Phi) is 4.71. The molecule has 24 heavy (non-hydrogen) atoms. The van der Waals surface area contributed by atoms with E-state index in [1.54, 1.807) is 45.0 Å². The molecule has 0 unspecified atom stereocenters. The first-order chi connectivity index (χ1) is 10.9. The van der Waals surface area contributed by atoms with E-state index in [-0.39, 0.29) is 0 Å². The van der Waals surface area contributed by atoms with Gasteiger partial charge in [-0.05, 0) is 38.5 Å². The van der Waals surface area contributed by atoms with E-state index in [0.29, 0.717) is 16.9 Å². The van der Waals surface area contributed by atoms with Crippen molar-refractivity contribution in [3.05, 3.63) is 34.9 Å². The van der Waals surface area contributed by atoms with Crippen molar-refractivity contribution in [2.45, 2.75) is 43.1 Å². The van der Waals surface area contributed by atoms with Gasteiger partial charge >= 0.3 is 6.09 Å². The van der Waals surface area contributed by atoms with Gasteiger partial charge in [0.25, 0.3) is 0 Å². The number of halogens is 1. The molecule has 1 aromatic rings. The van der Waals surface area contributed by atoms with E-state index in [1.165, 1.54) is 0 Å². The number of carbonyl (C=O) groups excluding carboxylic acids is 2. The molecule has 1 saturated carbocycles. The Hall–Kier alpha value is -1.60. The Morgan fingerprint density at radius 1 is 1.29 bits per heavy atom. The number of ether oxygens (including phenoxy) is 1. The standard InChI is InChI=1S/C16H20ClNO5S/c1-15(2,3)23-14(20)18-16(9-19)12(13(16)24(4,21)22)10-5-7-11(17)8-6-10/h5-9,12-13H,1-4H3,(H,18,20)/t12-,13+,16-/m1/s1. The third kappa shape index (κ3) is 3.72. The molecule has 0 saturated heterocycles. The molecule has 132 valence electrons. The fraction of sp³-hybridized carbons (Fsp3) is 0.500. The number of benzene rings is 1. The Labute approximate surface area is 146 Å². The highest BCUT2D eigenvalue weighted by atomic mass is 35.5. The maximum atomic E-state index is 12.1. The lowest BCUT2D eigenvalue weighted by molar-refractivity contribution is -0.110. The van der Waals surface area contributed by atoms with Crippen molar-refractivity contribution in [3.8, 4) is 0 Å². The molecule has 0 aromatic heterocycles. The van der Waals surface area contributed by atoms with Gasteiger partial charge in [0.15, 0.2) is 9.84 Å². The van der Waals surface area contributed by atoms with Gasteiger partial charge < -0.3 is 14.8 Å². The summed E-state index contributed by atoms with van der Waals surface area (Å²) >= 11 is 5.85. The topological polar surface area (TPSA) is 89.5 Å². The maximum Gasteiger partial charge on any atom is 0.408 e. The fourth-order valence-electron chi connectivity index (χ4n) is 2.90. The molecule has 0 heterocycles. The summed E-state index contributed by atoms with van der Waals surface area (Å²) in [6.45, 7) is 5.04. The molecule has 1 amide bonds. The smallest absolute Gasteiger partial charge is 0.408 e. The minimum atomic E-state index is -3.58. The van der Waals surface area contributed by atoms with Crippen molar-refractivity contribution in [2.75, 3.05) is 6.26 Å². The zero-order valence-electron chi connectivity index (χ0n) is 13.9. The minimum Gasteiger partial charge on any atom is -0.444 e. The van der Waals surface area contributed by atoms with Crippen LogP contribution in [0.1, 0.15) is 32.3 Å². The van der Waals surface area contributed by atoms with E-state index in [1.807, 2.05) is 0 Å². The van der Waals surface area contributed by atoms with Crippen LogP contribution in [0.25, 0.3) is 0 Å². The number of rotatable bonds is 4. The molecule has 6 nitrogen and oxygen atoms in total. The fourth-order valence-corrected chi connectivity index (χ4v) is 4.79. The second kappa shape index (κ2) is 6.04. The summed E-state index contributed by atoms with van der Waals surface area (Å²) in [6.07, 6.45) is 0.685. The first-order valence-electron chi connectivity index (χ1n) is 7.32. The van der Waals surface area contributed by atoms with Gasteiger partial charge in [0, 0.05) is 17.2 Å². The molecule has 2 rings (SSSR count). The molecule has 1 fully saturated rings. The number of aldehydes is 1. The summed E-state index contributed by atoms with van der Waals surface area (Å²) in [5.41, 5.74) is -1.69. The summed E-state index contributed by atoms with van der Waals surface area (Å²) in [5, 5.41) is 1.90. The van der Waals surface area contributed by atoms with Gasteiger partial charge in [-0.1, -0.05) is 23.7 Å². The van der Waals surface area contributed by atoms with Crippen LogP contribution in [0.5, 0.6) is 0 Å². The molecule has 0 radical (unpaired) electrons. The van der Waals surface area contributed by atoms with Gasteiger partial charge in [-0.25, -0.2) is 13.2 Å². The predicted octanol–water partition coefficient (Wildman–Crippen LogP) is 2.31. The number of amides is 1. The van der Waals surface area contributed by atoms with E-state index in [0.717, 1.165) is 6.26 Å².